The fraction of sp³-hybridized carbons (Fsp3) is 0.118. The van der Waals surface area contributed by atoms with E-state index in [9.17, 15) is 4.79 Å². The fourth-order valence-corrected chi connectivity index (χ4v) is 2.62. The van der Waals surface area contributed by atoms with Crippen molar-refractivity contribution in [3.63, 3.8) is 0 Å². The number of rotatable bonds is 4. The molecular formula is C17H14Cl3NO2. The van der Waals surface area contributed by atoms with E-state index >= 15 is 0 Å². The van der Waals surface area contributed by atoms with E-state index in [4.69, 9.17) is 45.3 Å². The average molecular weight is 371 g/mol. The monoisotopic (exact) mass is 369 g/mol. The van der Waals surface area contributed by atoms with E-state index in [2.05, 4.69) is 0 Å². The molecule has 23 heavy (non-hydrogen) atoms. The second kappa shape index (κ2) is 7.73. The van der Waals surface area contributed by atoms with Crippen LogP contribution in [0.1, 0.15) is 18.1 Å². The molecule has 0 atom stereocenters. The molecule has 2 N–H and O–H groups in total. The van der Waals surface area contributed by atoms with E-state index in [1.807, 2.05) is 0 Å². The lowest BCUT2D eigenvalue weighted by molar-refractivity contribution is -0.137. The molecule has 0 radical (unpaired) electrons. The molecule has 120 valence electrons. The van der Waals surface area contributed by atoms with Crippen LogP contribution < -0.4 is 5.73 Å². The van der Waals surface area contributed by atoms with Gasteiger partial charge in [0.05, 0.1) is 22.3 Å². The van der Waals surface area contributed by atoms with Crippen molar-refractivity contribution in [2.24, 2.45) is 0 Å². The highest BCUT2D eigenvalue weighted by molar-refractivity contribution is 6.39. The van der Waals surface area contributed by atoms with E-state index in [1.165, 1.54) is 6.08 Å². The highest BCUT2D eigenvalue weighted by Gasteiger charge is 2.13. The molecule has 2 aromatic carbocycles. The highest BCUT2D eigenvalue weighted by atomic mass is 35.5. The Labute approximate surface area is 149 Å². The van der Waals surface area contributed by atoms with E-state index in [0.29, 0.717) is 31.9 Å². The molecule has 0 saturated carbocycles. The van der Waals surface area contributed by atoms with Crippen LogP contribution in [0.3, 0.4) is 0 Å². The normalized spacial score (nSPS) is 11.4. The van der Waals surface area contributed by atoms with Crippen LogP contribution >= 0.6 is 34.8 Å². The zero-order valence-electron chi connectivity index (χ0n) is 12.3. The summed E-state index contributed by atoms with van der Waals surface area (Å²) < 4.78 is 4.99. The van der Waals surface area contributed by atoms with Gasteiger partial charge in [0.2, 0.25) is 0 Å². The highest BCUT2D eigenvalue weighted by Crippen LogP contribution is 2.34. The van der Waals surface area contributed by atoms with Crippen LogP contribution in [0.2, 0.25) is 15.1 Å². The smallest absolute Gasteiger partial charge is 0.331 e. The maximum atomic E-state index is 11.9. The maximum absolute atomic E-state index is 11.9. The molecule has 2 aromatic rings. The molecule has 0 amide bonds. The van der Waals surface area contributed by atoms with Crippen molar-refractivity contribution in [1.82, 2.24) is 0 Å². The number of nitrogen functional groups attached to an aromatic ring is 1. The summed E-state index contributed by atoms with van der Waals surface area (Å²) >= 11 is 18.1. The second-order valence-electron chi connectivity index (χ2n) is 4.67. The lowest BCUT2D eigenvalue weighted by Gasteiger charge is -2.11. The molecule has 0 fully saturated rings. The predicted octanol–water partition coefficient (Wildman–Crippen LogP) is 5.22. The Morgan fingerprint density at radius 3 is 2.17 bits per heavy atom. The van der Waals surface area contributed by atoms with Crippen LogP contribution in [0, 0.1) is 0 Å². The fourth-order valence-electron chi connectivity index (χ4n) is 2.00. The first-order valence-electron chi connectivity index (χ1n) is 6.81. The largest absolute Gasteiger partial charge is 0.463 e. The van der Waals surface area contributed by atoms with Gasteiger partial charge in [0.15, 0.2) is 0 Å². The van der Waals surface area contributed by atoms with E-state index < -0.39 is 5.97 Å². The number of anilines is 1. The third kappa shape index (κ3) is 4.41. The summed E-state index contributed by atoms with van der Waals surface area (Å²) in [6.07, 6.45) is 1.39. The van der Waals surface area contributed by atoms with Crippen molar-refractivity contribution in [2.45, 2.75) is 6.92 Å². The minimum absolute atomic E-state index is 0.284. The van der Waals surface area contributed by atoms with Crippen LogP contribution in [0.4, 0.5) is 5.69 Å². The van der Waals surface area contributed by atoms with Crippen molar-refractivity contribution >= 4 is 52.0 Å². The van der Waals surface area contributed by atoms with Crippen LogP contribution in [0.5, 0.6) is 0 Å². The average Bonchev–Trinajstić information content (AvgIpc) is 2.51. The molecule has 0 unspecified atom stereocenters. The first kappa shape index (κ1) is 17.7. The summed E-state index contributed by atoms with van der Waals surface area (Å²) in [4.78, 5) is 11.9. The molecule has 0 aliphatic carbocycles. The van der Waals surface area contributed by atoms with Gasteiger partial charge in [0.1, 0.15) is 0 Å². The lowest BCUT2D eigenvalue weighted by atomic mass is 9.97. The molecule has 2 rings (SSSR count). The van der Waals surface area contributed by atoms with Gasteiger partial charge in [0.25, 0.3) is 0 Å². The van der Waals surface area contributed by atoms with Gasteiger partial charge in [-0.3, -0.25) is 0 Å². The molecule has 0 saturated heterocycles. The van der Waals surface area contributed by atoms with E-state index in [-0.39, 0.29) is 6.61 Å². The summed E-state index contributed by atoms with van der Waals surface area (Å²) in [6.45, 7) is 2.02. The Balaban J connectivity index is 2.58. The standard InChI is InChI=1S/C17H14Cl3NO2/c1-2-23-16(22)9-13(10-3-5-12(18)6-4-10)11-7-14(19)17(21)15(20)8-11/h3-9H,2,21H2,1H3. The van der Waals surface area contributed by atoms with Crippen molar-refractivity contribution in [3.05, 3.63) is 68.7 Å². The van der Waals surface area contributed by atoms with Crippen molar-refractivity contribution in [3.8, 4) is 0 Å². The first-order valence-corrected chi connectivity index (χ1v) is 7.95. The van der Waals surface area contributed by atoms with Crippen LogP contribution in [0.15, 0.2) is 42.5 Å². The topological polar surface area (TPSA) is 52.3 Å². The number of carbonyl (C=O) groups excluding carboxylic acids is 1. The van der Waals surface area contributed by atoms with E-state index in [1.54, 1.807) is 43.3 Å². The number of esters is 1. The summed E-state index contributed by atoms with van der Waals surface area (Å²) in [7, 11) is 0. The molecule has 0 heterocycles. The first-order chi connectivity index (χ1) is 10.9. The Kier molecular flexibility index (Phi) is 5.94. The van der Waals surface area contributed by atoms with Crippen LogP contribution in [-0.4, -0.2) is 12.6 Å². The maximum Gasteiger partial charge on any atom is 0.331 e. The predicted molar refractivity (Wildman–Crippen MR) is 96.0 cm³/mol. The van der Waals surface area contributed by atoms with Gasteiger partial charge in [-0.25, -0.2) is 4.79 Å². The molecule has 0 aliphatic rings. The van der Waals surface area contributed by atoms with Gasteiger partial charge in [-0.1, -0.05) is 46.9 Å². The Hall–Kier alpha value is -1.68. The second-order valence-corrected chi connectivity index (χ2v) is 5.92. The van der Waals surface area contributed by atoms with Gasteiger partial charge in [-0.2, -0.15) is 0 Å². The molecule has 0 aliphatic heterocycles. The lowest BCUT2D eigenvalue weighted by Crippen LogP contribution is -2.02. The number of hydrogen-bond acceptors (Lipinski definition) is 3. The molecule has 6 heteroatoms. The van der Waals surface area contributed by atoms with Gasteiger partial charge >= 0.3 is 5.97 Å². The van der Waals surface area contributed by atoms with Gasteiger partial charge in [-0.05, 0) is 47.9 Å². The number of hydrogen-bond donors (Lipinski definition) is 1. The number of carbonyl (C=O) groups is 1. The van der Waals surface area contributed by atoms with E-state index in [0.717, 1.165) is 5.56 Å². The van der Waals surface area contributed by atoms with Gasteiger partial charge in [0, 0.05) is 11.1 Å². The zero-order valence-corrected chi connectivity index (χ0v) is 14.5. The molecular weight excluding hydrogens is 357 g/mol. The number of nitrogens with two attached hydrogens (primary N) is 1. The van der Waals surface area contributed by atoms with Gasteiger partial charge in [-0.15, -0.1) is 0 Å². The minimum atomic E-state index is -0.457. The summed E-state index contributed by atoms with van der Waals surface area (Å²) in [5, 5.41) is 1.23. The van der Waals surface area contributed by atoms with Crippen molar-refractivity contribution < 1.29 is 9.53 Å². The van der Waals surface area contributed by atoms with Crippen LogP contribution in [-0.2, 0) is 9.53 Å². The number of benzene rings is 2. The Morgan fingerprint density at radius 1 is 1.09 bits per heavy atom. The third-order valence-corrected chi connectivity index (χ3v) is 3.97. The summed E-state index contributed by atoms with van der Waals surface area (Å²) in [5.74, 6) is -0.457. The molecule has 0 spiro atoms. The SMILES string of the molecule is CCOC(=O)C=C(c1ccc(Cl)cc1)c1cc(Cl)c(N)c(Cl)c1. The summed E-state index contributed by atoms with van der Waals surface area (Å²) in [5.41, 5.74) is 8.11. The number of ether oxygens (including phenoxy) is 1. The quantitative estimate of drug-likeness (QED) is 0.456. The van der Waals surface area contributed by atoms with Gasteiger partial charge < -0.3 is 10.5 Å². The van der Waals surface area contributed by atoms with Crippen LogP contribution in [0.25, 0.3) is 5.57 Å². The molecule has 0 bridgehead atoms. The van der Waals surface area contributed by atoms with Crippen molar-refractivity contribution in [1.29, 1.82) is 0 Å². The minimum Gasteiger partial charge on any atom is -0.463 e. The zero-order chi connectivity index (χ0) is 17.0. The number of halogens is 3. The third-order valence-electron chi connectivity index (χ3n) is 3.09. The molecule has 0 aromatic heterocycles. The Bertz CT molecular complexity index is 732. The summed E-state index contributed by atoms with van der Waals surface area (Å²) in [6, 6.07) is 10.4. The van der Waals surface area contributed by atoms with Crippen molar-refractivity contribution in [2.75, 3.05) is 12.3 Å². The molecule has 3 nitrogen and oxygen atoms in total. The Morgan fingerprint density at radius 2 is 1.65 bits per heavy atom.